The molecule has 0 aliphatic rings. The third kappa shape index (κ3) is 5.38. The van der Waals surface area contributed by atoms with E-state index in [9.17, 15) is 29.8 Å². The van der Waals surface area contributed by atoms with Crippen LogP contribution < -0.4 is 17.2 Å². The lowest BCUT2D eigenvalue weighted by atomic mass is 9.93. The van der Waals surface area contributed by atoms with Gasteiger partial charge in [-0.3, -0.25) is 13.7 Å². The first-order valence-corrected chi connectivity index (χ1v) is 9.81. The summed E-state index contributed by atoms with van der Waals surface area (Å²) in [4.78, 5) is 0. The van der Waals surface area contributed by atoms with Crippen LogP contribution in [0.25, 0.3) is 0 Å². The van der Waals surface area contributed by atoms with Crippen LogP contribution in [0, 0.1) is 0 Å². The molecule has 0 aromatic heterocycles. The lowest BCUT2D eigenvalue weighted by molar-refractivity contribution is 0.352. The van der Waals surface area contributed by atoms with Gasteiger partial charge in [0.1, 0.15) is 4.75 Å². The molecule has 0 bridgehead atoms. The van der Waals surface area contributed by atoms with Crippen LogP contribution in [0.4, 0.5) is 0 Å². The van der Waals surface area contributed by atoms with E-state index in [1.807, 2.05) is 0 Å². The minimum absolute atomic E-state index is 1.06. The smallest absolute Gasteiger partial charge is 0.275 e. The van der Waals surface area contributed by atoms with Crippen molar-refractivity contribution in [1.29, 1.82) is 0 Å². The summed E-state index contributed by atoms with van der Waals surface area (Å²) in [6.45, 7) is -1.06. The largest absolute Gasteiger partial charge is 0.329 e. The summed E-state index contributed by atoms with van der Waals surface area (Å²) in [7, 11) is -14.8. The summed E-state index contributed by atoms with van der Waals surface area (Å²) in [6, 6.07) is -4.10. The molecule has 15 heteroatoms. The van der Waals surface area contributed by atoms with Crippen molar-refractivity contribution in [2.75, 3.05) is 18.1 Å². The van der Waals surface area contributed by atoms with Crippen molar-refractivity contribution in [3.8, 4) is 0 Å². The fraction of sp³-hybridized carbons (Fsp3) is 1.00. The SMILES string of the molecule is NCC(C(N)CS(=O)(=O)O)(C(N)CS(=O)(=O)O)S(=O)(=O)O. The number of hydrogen-bond donors (Lipinski definition) is 6. The second-order valence-corrected chi connectivity index (χ2v) is 9.05. The van der Waals surface area contributed by atoms with Crippen molar-refractivity contribution in [3.63, 3.8) is 0 Å². The van der Waals surface area contributed by atoms with Gasteiger partial charge in [-0.2, -0.15) is 25.3 Å². The predicted octanol–water partition coefficient (Wildman–Crippen LogP) is -4.00. The standard InChI is InChI=1S/C6H17N3O9S3/c7-3-6(21(16,17)18,4(8)1-19(10,11)12)5(9)2-20(13,14)15/h4-5H,1-3,7-9H2,(H,10,11,12)(H,13,14,15)(H,16,17,18). The summed E-state index contributed by atoms with van der Waals surface area (Å²) < 4.78 is 90.0. The Kier molecular flexibility index (Phi) is 6.27. The maximum atomic E-state index is 11.5. The number of hydrogen-bond acceptors (Lipinski definition) is 9. The molecule has 0 aliphatic carbocycles. The molecule has 0 saturated heterocycles. The van der Waals surface area contributed by atoms with Crippen LogP contribution in [0.3, 0.4) is 0 Å². The van der Waals surface area contributed by atoms with Gasteiger partial charge in [0.25, 0.3) is 30.4 Å². The highest BCUT2D eigenvalue weighted by Crippen LogP contribution is 2.24. The maximum absolute atomic E-state index is 11.5. The molecule has 0 aliphatic heterocycles. The van der Waals surface area contributed by atoms with Crippen molar-refractivity contribution >= 4 is 30.4 Å². The molecule has 0 aromatic rings. The van der Waals surface area contributed by atoms with Crippen molar-refractivity contribution < 1.29 is 38.9 Å². The Bertz CT molecular complexity index is 628. The van der Waals surface area contributed by atoms with Gasteiger partial charge in [0.05, 0.1) is 11.5 Å². The van der Waals surface area contributed by atoms with E-state index in [2.05, 4.69) is 0 Å². The Hall–Kier alpha value is -0.390. The third-order valence-corrected chi connectivity index (χ3v) is 6.13. The summed E-state index contributed by atoms with van der Waals surface area (Å²) >= 11 is 0. The Morgan fingerprint density at radius 1 is 0.810 bits per heavy atom. The van der Waals surface area contributed by atoms with E-state index in [1.54, 1.807) is 0 Å². The molecule has 0 spiro atoms. The van der Waals surface area contributed by atoms with Crippen LogP contribution in [0.1, 0.15) is 0 Å². The molecule has 0 rings (SSSR count). The van der Waals surface area contributed by atoms with Crippen LogP contribution in [-0.4, -0.2) is 73.8 Å². The Morgan fingerprint density at radius 3 is 1.24 bits per heavy atom. The molecule has 12 nitrogen and oxygen atoms in total. The second kappa shape index (κ2) is 6.39. The second-order valence-electron chi connectivity index (χ2n) is 4.34. The van der Waals surface area contributed by atoms with Gasteiger partial charge in [-0.15, -0.1) is 0 Å². The fourth-order valence-corrected chi connectivity index (χ4v) is 4.66. The molecule has 0 radical (unpaired) electrons. The lowest BCUT2D eigenvalue weighted by Gasteiger charge is -2.38. The van der Waals surface area contributed by atoms with Crippen molar-refractivity contribution in [2.24, 2.45) is 17.2 Å². The zero-order valence-electron chi connectivity index (χ0n) is 10.5. The summed E-state index contributed by atoms with van der Waals surface area (Å²) in [5.74, 6) is -2.72. The molecule has 21 heavy (non-hydrogen) atoms. The molecule has 0 aromatic carbocycles. The van der Waals surface area contributed by atoms with Gasteiger partial charge < -0.3 is 17.2 Å². The van der Waals surface area contributed by atoms with E-state index in [0.29, 0.717) is 0 Å². The zero-order chi connectivity index (χ0) is 17.3. The van der Waals surface area contributed by atoms with Crippen LogP contribution in [0.2, 0.25) is 0 Å². The Labute approximate surface area is 121 Å². The van der Waals surface area contributed by atoms with Gasteiger partial charge in [-0.1, -0.05) is 0 Å². The average molecular weight is 371 g/mol. The molecule has 0 saturated carbocycles. The monoisotopic (exact) mass is 371 g/mol. The first-order valence-electron chi connectivity index (χ1n) is 5.15. The molecule has 0 fully saturated rings. The molecule has 9 N–H and O–H groups in total. The van der Waals surface area contributed by atoms with Crippen molar-refractivity contribution in [3.05, 3.63) is 0 Å². The van der Waals surface area contributed by atoms with Gasteiger partial charge in [0.2, 0.25) is 0 Å². The van der Waals surface area contributed by atoms with E-state index in [0.717, 1.165) is 0 Å². The first kappa shape index (κ1) is 20.6. The highest BCUT2D eigenvalue weighted by Gasteiger charge is 2.54. The number of rotatable bonds is 8. The van der Waals surface area contributed by atoms with Gasteiger partial charge in [-0.05, 0) is 0 Å². The first-order chi connectivity index (χ1) is 9.07. The zero-order valence-corrected chi connectivity index (χ0v) is 13.0. The van der Waals surface area contributed by atoms with E-state index in [1.165, 1.54) is 0 Å². The molecule has 128 valence electrons. The summed E-state index contributed by atoms with van der Waals surface area (Å²) in [6.07, 6.45) is 0. The van der Waals surface area contributed by atoms with Crippen LogP contribution in [-0.2, 0) is 30.4 Å². The van der Waals surface area contributed by atoms with E-state index >= 15 is 0 Å². The topological polar surface area (TPSA) is 241 Å². The van der Waals surface area contributed by atoms with E-state index < -0.39 is 65.2 Å². The molecular formula is C6H17N3O9S3. The van der Waals surface area contributed by atoms with Gasteiger partial charge in [0, 0.05) is 18.6 Å². The van der Waals surface area contributed by atoms with Crippen molar-refractivity contribution in [2.45, 2.75) is 16.8 Å². The maximum Gasteiger partial charge on any atom is 0.275 e. The third-order valence-electron chi connectivity index (χ3n) is 2.83. The summed E-state index contributed by atoms with van der Waals surface area (Å²) in [5, 5.41) is 0. The Morgan fingerprint density at radius 2 is 1.10 bits per heavy atom. The van der Waals surface area contributed by atoms with E-state index in [-0.39, 0.29) is 0 Å². The average Bonchev–Trinajstić information content (AvgIpc) is 2.09. The van der Waals surface area contributed by atoms with E-state index in [4.69, 9.17) is 26.3 Å². The molecule has 2 unspecified atom stereocenters. The highest BCUT2D eigenvalue weighted by molar-refractivity contribution is 7.88. The fourth-order valence-electron chi connectivity index (χ4n) is 1.80. The quantitative estimate of drug-likeness (QED) is 0.224. The van der Waals surface area contributed by atoms with Crippen LogP contribution >= 0.6 is 0 Å². The van der Waals surface area contributed by atoms with Crippen LogP contribution in [0.5, 0.6) is 0 Å². The molecule has 2 atom stereocenters. The highest BCUT2D eigenvalue weighted by atomic mass is 32.2. The minimum atomic E-state index is -5.25. The van der Waals surface area contributed by atoms with Gasteiger partial charge >= 0.3 is 0 Å². The van der Waals surface area contributed by atoms with Crippen molar-refractivity contribution in [1.82, 2.24) is 0 Å². The Balaban J connectivity index is 6.02. The molecule has 0 amide bonds. The normalized spacial score (nSPS) is 19.7. The van der Waals surface area contributed by atoms with Crippen LogP contribution in [0.15, 0.2) is 0 Å². The predicted molar refractivity (Wildman–Crippen MR) is 72.1 cm³/mol. The summed E-state index contributed by atoms with van der Waals surface area (Å²) in [5.41, 5.74) is 15.9. The van der Waals surface area contributed by atoms with Gasteiger partial charge in [0.15, 0.2) is 0 Å². The lowest BCUT2D eigenvalue weighted by Crippen LogP contribution is -2.70. The van der Waals surface area contributed by atoms with Gasteiger partial charge in [-0.25, -0.2) is 0 Å². The molecular weight excluding hydrogens is 354 g/mol. The minimum Gasteiger partial charge on any atom is -0.329 e. The number of nitrogens with two attached hydrogens (primary N) is 3. The molecule has 0 heterocycles.